The SMILES string of the molecule is COCCCNC(=O)c1cc(S(=O)(=O)N2CCOCC2)cn1C. The number of hydrogen-bond acceptors (Lipinski definition) is 5. The third-order valence-corrected chi connectivity index (χ3v) is 5.50. The lowest BCUT2D eigenvalue weighted by molar-refractivity contribution is 0.0730. The summed E-state index contributed by atoms with van der Waals surface area (Å²) in [5, 5.41) is 2.75. The van der Waals surface area contributed by atoms with Crippen LogP contribution in [-0.4, -0.2) is 69.8 Å². The van der Waals surface area contributed by atoms with Gasteiger partial charge in [0.2, 0.25) is 10.0 Å². The van der Waals surface area contributed by atoms with Gasteiger partial charge in [-0.3, -0.25) is 4.79 Å². The summed E-state index contributed by atoms with van der Waals surface area (Å²) in [7, 11) is -0.340. The molecule has 130 valence electrons. The summed E-state index contributed by atoms with van der Waals surface area (Å²) in [6.45, 7) is 2.47. The monoisotopic (exact) mass is 345 g/mol. The van der Waals surface area contributed by atoms with Gasteiger partial charge in [0.05, 0.1) is 13.2 Å². The molecule has 1 aliphatic rings. The zero-order chi connectivity index (χ0) is 16.9. The van der Waals surface area contributed by atoms with Crippen LogP contribution in [0.3, 0.4) is 0 Å². The quantitative estimate of drug-likeness (QED) is 0.692. The lowest BCUT2D eigenvalue weighted by Crippen LogP contribution is -2.40. The molecule has 2 rings (SSSR count). The summed E-state index contributed by atoms with van der Waals surface area (Å²) in [6.07, 6.45) is 2.17. The number of carbonyl (C=O) groups is 1. The Morgan fingerprint density at radius 1 is 1.39 bits per heavy atom. The van der Waals surface area contributed by atoms with Crippen LogP contribution in [0, 0.1) is 0 Å². The molecule has 0 saturated carbocycles. The topological polar surface area (TPSA) is 89.9 Å². The van der Waals surface area contributed by atoms with E-state index in [1.165, 1.54) is 21.1 Å². The van der Waals surface area contributed by atoms with Gasteiger partial charge >= 0.3 is 0 Å². The molecule has 1 aromatic heterocycles. The van der Waals surface area contributed by atoms with E-state index in [2.05, 4.69) is 5.32 Å². The second kappa shape index (κ2) is 7.91. The van der Waals surface area contributed by atoms with Crippen LogP contribution >= 0.6 is 0 Å². The molecular formula is C14H23N3O5S. The molecule has 9 heteroatoms. The molecule has 0 atom stereocenters. The minimum absolute atomic E-state index is 0.129. The van der Waals surface area contributed by atoms with Gasteiger partial charge in [-0.2, -0.15) is 4.31 Å². The van der Waals surface area contributed by atoms with E-state index in [-0.39, 0.29) is 10.8 Å². The highest BCUT2D eigenvalue weighted by molar-refractivity contribution is 7.89. The van der Waals surface area contributed by atoms with Crippen molar-refractivity contribution in [2.45, 2.75) is 11.3 Å². The number of nitrogens with one attached hydrogen (secondary N) is 1. The Morgan fingerprint density at radius 2 is 2.09 bits per heavy atom. The van der Waals surface area contributed by atoms with Crippen molar-refractivity contribution in [1.29, 1.82) is 0 Å². The smallest absolute Gasteiger partial charge is 0.267 e. The van der Waals surface area contributed by atoms with Crippen molar-refractivity contribution in [3.63, 3.8) is 0 Å². The standard InChI is InChI=1S/C14H23N3O5S/c1-16-11-12(23(19,20)17-5-8-22-9-6-17)10-13(16)14(18)15-4-3-7-21-2/h10-11H,3-9H2,1-2H3,(H,15,18). The molecule has 0 spiro atoms. The largest absolute Gasteiger partial charge is 0.385 e. The Hall–Kier alpha value is -1.42. The third-order valence-electron chi connectivity index (χ3n) is 3.63. The summed E-state index contributed by atoms with van der Waals surface area (Å²) in [4.78, 5) is 12.3. The summed E-state index contributed by atoms with van der Waals surface area (Å²) in [5.41, 5.74) is 0.314. The number of aryl methyl sites for hydroxylation is 1. The highest BCUT2D eigenvalue weighted by Crippen LogP contribution is 2.19. The van der Waals surface area contributed by atoms with E-state index in [0.29, 0.717) is 51.6 Å². The molecule has 0 aromatic carbocycles. The van der Waals surface area contributed by atoms with E-state index in [1.54, 1.807) is 14.2 Å². The fourth-order valence-electron chi connectivity index (χ4n) is 2.35. The Morgan fingerprint density at radius 3 is 2.74 bits per heavy atom. The molecule has 8 nitrogen and oxygen atoms in total. The Balaban J connectivity index is 2.09. The number of morpholine rings is 1. The molecule has 1 saturated heterocycles. The lowest BCUT2D eigenvalue weighted by Gasteiger charge is -2.25. The summed E-state index contributed by atoms with van der Waals surface area (Å²) in [5.74, 6) is -0.299. The third kappa shape index (κ3) is 4.31. The molecular weight excluding hydrogens is 322 g/mol. The maximum absolute atomic E-state index is 12.6. The van der Waals surface area contributed by atoms with Crippen molar-refractivity contribution in [2.75, 3.05) is 46.6 Å². The molecule has 1 N–H and O–H groups in total. The molecule has 1 aliphatic heterocycles. The van der Waals surface area contributed by atoms with Crippen LogP contribution in [0.25, 0.3) is 0 Å². The van der Waals surface area contributed by atoms with E-state index >= 15 is 0 Å². The van der Waals surface area contributed by atoms with Crippen LogP contribution in [-0.2, 0) is 26.5 Å². The molecule has 0 radical (unpaired) electrons. The van der Waals surface area contributed by atoms with Crippen molar-refractivity contribution in [3.05, 3.63) is 18.0 Å². The van der Waals surface area contributed by atoms with Gasteiger partial charge in [0.1, 0.15) is 10.6 Å². The van der Waals surface area contributed by atoms with E-state index in [1.807, 2.05) is 0 Å². The van der Waals surface area contributed by atoms with Gasteiger partial charge in [0, 0.05) is 46.6 Å². The molecule has 23 heavy (non-hydrogen) atoms. The second-order valence-corrected chi connectivity index (χ2v) is 7.23. The molecule has 2 heterocycles. The van der Waals surface area contributed by atoms with E-state index in [4.69, 9.17) is 9.47 Å². The number of rotatable bonds is 7. The fraction of sp³-hybridized carbons (Fsp3) is 0.643. The average Bonchev–Trinajstić information content (AvgIpc) is 2.95. The van der Waals surface area contributed by atoms with Crippen molar-refractivity contribution >= 4 is 15.9 Å². The van der Waals surface area contributed by atoms with Gasteiger partial charge in [-0.15, -0.1) is 0 Å². The number of methoxy groups -OCH3 is 1. The lowest BCUT2D eigenvalue weighted by atomic mass is 10.3. The molecule has 1 amide bonds. The van der Waals surface area contributed by atoms with Crippen LogP contribution in [0.2, 0.25) is 0 Å². The predicted octanol–water partition coefficient (Wildman–Crippen LogP) is -0.188. The fourth-order valence-corrected chi connectivity index (χ4v) is 3.83. The Kier molecular flexibility index (Phi) is 6.17. The average molecular weight is 345 g/mol. The van der Waals surface area contributed by atoms with Crippen LogP contribution < -0.4 is 5.32 Å². The predicted molar refractivity (Wildman–Crippen MR) is 83.8 cm³/mol. The van der Waals surface area contributed by atoms with Crippen LogP contribution in [0.1, 0.15) is 16.9 Å². The maximum atomic E-state index is 12.6. The van der Waals surface area contributed by atoms with Crippen molar-refractivity contribution < 1.29 is 22.7 Å². The second-order valence-electron chi connectivity index (χ2n) is 5.29. The van der Waals surface area contributed by atoms with Gasteiger partial charge in [0.25, 0.3) is 5.91 Å². The van der Waals surface area contributed by atoms with Crippen molar-refractivity contribution in [3.8, 4) is 0 Å². The highest BCUT2D eigenvalue weighted by atomic mass is 32.2. The van der Waals surface area contributed by atoms with Crippen molar-refractivity contribution in [2.24, 2.45) is 7.05 Å². The molecule has 1 fully saturated rings. The van der Waals surface area contributed by atoms with Crippen LogP contribution in [0.5, 0.6) is 0 Å². The van der Waals surface area contributed by atoms with Gasteiger partial charge in [-0.05, 0) is 12.5 Å². The Labute approximate surface area is 136 Å². The summed E-state index contributed by atoms with van der Waals surface area (Å²) >= 11 is 0. The summed E-state index contributed by atoms with van der Waals surface area (Å²) < 4.78 is 38.2. The number of ether oxygens (including phenoxy) is 2. The van der Waals surface area contributed by atoms with Gasteiger partial charge in [0.15, 0.2) is 0 Å². The first-order chi connectivity index (χ1) is 11.0. The number of sulfonamides is 1. The van der Waals surface area contributed by atoms with Gasteiger partial charge in [-0.25, -0.2) is 8.42 Å². The molecule has 0 bridgehead atoms. The molecule has 0 aliphatic carbocycles. The first kappa shape index (κ1) is 17.9. The number of carbonyl (C=O) groups excluding carboxylic acids is 1. The number of aromatic nitrogens is 1. The zero-order valence-electron chi connectivity index (χ0n) is 13.4. The Bertz CT molecular complexity index is 635. The van der Waals surface area contributed by atoms with Crippen LogP contribution in [0.15, 0.2) is 17.2 Å². The first-order valence-corrected chi connectivity index (χ1v) is 8.92. The van der Waals surface area contributed by atoms with E-state index in [0.717, 1.165) is 0 Å². The number of hydrogen-bond donors (Lipinski definition) is 1. The normalized spacial score (nSPS) is 16.4. The van der Waals surface area contributed by atoms with Gasteiger partial charge < -0.3 is 19.4 Å². The van der Waals surface area contributed by atoms with Crippen molar-refractivity contribution in [1.82, 2.24) is 14.2 Å². The van der Waals surface area contributed by atoms with Crippen LogP contribution in [0.4, 0.5) is 0 Å². The maximum Gasteiger partial charge on any atom is 0.267 e. The zero-order valence-corrected chi connectivity index (χ0v) is 14.3. The minimum atomic E-state index is -3.59. The summed E-state index contributed by atoms with van der Waals surface area (Å²) in [6, 6.07) is 1.41. The number of amides is 1. The number of nitrogens with zero attached hydrogens (tertiary/aromatic N) is 2. The first-order valence-electron chi connectivity index (χ1n) is 7.48. The highest BCUT2D eigenvalue weighted by Gasteiger charge is 2.28. The minimum Gasteiger partial charge on any atom is -0.385 e. The molecule has 0 unspecified atom stereocenters. The van der Waals surface area contributed by atoms with E-state index < -0.39 is 10.0 Å². The molecule has 1 aromatic rings. The van der Waals surface area contributed by atoms with E-state index in [9.17, 15) is 13.2 Å². The van der Waals surface area contributed by atoms with Gasteiger partial charge in [-0.1, -0.05) is 0 Å².